The summed E-state index contributed by atoms with van der Waals surface area (Å²) in [5.74, 6) is 2.09. The molecule has 0 amide bonds. The Bertz CT molecular complexity index is 1090. The van der Waals surface area contributed by atoms with Crippen molar-refractivity contribution in [1.82, 2.24) is 25.1 Å². The van der Waals surface area contributed by atoms with Gasteiger partial charge in [0, 0.05) is 29.6 Å². The molecule has 1 fully saturated rings. The number of benzene rings is 1. The smallest absolute Gasteiger partial charge is 0.229 e. The Kier molecular flexibility index (Phi) is 5.50. The average Bonchev–Trinajstić information content (AvgIpc) is 3.48. The number of nitrogens with one attached hydrogen (secondary N) is 3. The molecule has 0 aliphatic carbocycles. The molecule has 0 atom stereocenters. The highest BCUT2D eigenvalue weighted by Gasteiger charge is 2.21. The van der Waals surface area contributed by atoms with E-state index in [4.69, 9.17) is 15.2 Å². The molecule has 2 aliphatic rings. The lowest BCUT2D eigenvalue weighted by Crippen LogP contribution is -2.26. The highest BCUT2D eigenvalue weighted by Crippen LogP contribution is 2.32. The number of aryl methyl sites for hydroxylation is 1. The summed E-state index contributed by atoms with van der Waals surface area (Å²) in [7, 11) is 0. The number of anilines is 3. The van der Waals surface area contributed by atoms with Crippen LogP contribution in [0.4, 0.5) is 17.5 Å². The maximum Gasteiger partial charge on any atom is 0.229 e. The Morgan fingerprint density at radius 1 is 1.13 bits per heavy atom. The topological polar surface area (TPSA) is 103 Å². The van der Waals surface area contributed by atoms with Crippen molar-refractivity contribution in [3.63, 3.8) is 0 Å². The van der Waals surface area contributed by atoms with Crippen molar-refractivity contribution in [2.45, 2.75) is 38.1 Å². The fourth-order valence-electron chi connectivity index (χ4n) is 4.36. The van der Waals surface area contributed by atoms with Crippen LogP contribution < -0.4 is 16.0 Å². The maximum absolute atomic E-state index is 8.81. The van der Waals surface area contributed by atoms with Crippen molar-refractivity contribution in [2.24, 2.45) is 0 Å². The van der Waals surface area contributed by atoms with Crippen molar-refractivity contribution in [3.05, 3.63) is 47.8 Å². The molecule has 4 heterocycles. The second kappa shape index (κ2) is 8.74. The first-order valence-corrected chi connectivity index (χ1v) is 10.9. The fourth-order valence-corrected chi connectivity index (χ4v) is 4.36. The summed E-state index contributed by atoms with van der Waals surface area (Å²) in [5, 5.41) is 23.4. The van der Waals surface area contributed by atoms with Gasteiger partial charge in [-0.2, -0.15) is 15.3 Å². The first-order chi connectivity index (χ1) is 15.3. The number of rotatable bonds is 6. The van der Waals surface area contributed by atoms with Crippen LogP contribution in [0.15, 0.2) is 36.7 Å². The van der Waals surface area contributed by atoms with Gasteiger partial charge < -0.3 is 16.0 Å². The number of fused-ring (bicyclic) bond motifs is 1. The van der Waals surface area contributed by atoms with Gasteiger partial charge in [-0.15, -0.1) is 0 Å². The number of piperidine rings is 1. The van der Waals surface area contributed by atoms with E-state index in [0.29, 0.717) is 24.8 Å². The summed E-state index contributed by atoms with van der Waals surface area (Å²) in [6.45, 7) is 3.62. The van der Waals surface area contributed by atoms with Gasteiger partial charge in [-0.05, 0) is 56.0 Å². The van der Waals surface area contributed by atoms with Crippen LogP contribution in [-0.2, 0) is 13.0 Å². The minimum atomic E-state index is 0.435. The lowest BCUT2D eigenvalue weighted by molar-refractivity contribution is 0.460. The van der Waals surface area contributed by atoms with Gasteiger partial charge in [-0.3, -0.25) is 4.68 Å². The third-order valence-electron chi connectivity index (χ3n) is 6.01. The first kappa shape index (κ1) is 19.5. The van der Waals surface area contributed by atoms with Crippen molar-refractivity contribution in [1.29, 1.82) is 5.26 Å². The predicted octanol–water partition coefficient (Wildman–Crippen LogP) is 3.43. The van der Waals surface area contributed by atoms with Gasteiger partial charge in [-0.25, -0.2) is 4.98 Å². The van der Waals surface area contributed by atoms with E-state index in [1.807, 2.05) is 12.4 Å². The van der Waals surface area contributed by atoms with Crippen LogP contribution in [0.2, 0.25) is 0 Å². The van der Waals surface area contributed by atoms with Crippen LogP contribution in [0.5, 0.6) is 0 Å². The molecule has 8 heteroatoms. The van der Waals surface area contributed by atoms with Crippen molar-refractivity contribution in [2.75, 3.05) is 30.3 Å². The van der Waals surface area contributed by atoms with Crippen LogP contribution >= 0.6 is 0 Å². The quantitative estimate of drug-likeness (QED) is 0.568. The second-order valence-electron chi connectivity index (χ2n) is 8.07. The highest BCUT2D eigenvalue weighted by atomic mass is 15.3. The summed E-state index contributed by atoms with van der Waals surface area (Å²) in [5.41, 5.74) is 5.34. The van der Waals surface area contributed by atoms with Gasteiger partial charge >= 0.3 is 0 Å². The van der Waals surface area contributed by atoms with E-state index in [9.17, 15) is 0 Å². The largest absolute Gasteiger partial charge is 0.369 e. The van der Waals surface area contributed by atoms with Crippen molar-refractivity contribution in [3.8, 4) is 17.3 Å². The van der Waals surface area contributed by atoms with Crippen LogP contribution in [0.3, 0.4) is 0 Å². The predicted molar refractivity (Wildman–Crippen MR) is 120 cm³/mol. The van der Waals surface area contributed by atoms with Gasteiger partial charge in [0.15, 0.2) is 0 Å². The standard InChI is InChI=1S/C23H26N8/c24-9-1-13-31-15-18(14-27-31)21-20-8-12-26-22(20)30-23(29-21)28-19-4-2-16(3-5-19)17-6-10-25-11-7-17/h2-5,14-15,17,25H,1,6-8,10-13H2,(H2,26,28,29,30). The molecule has 1 saturated heterocycles. The Hall–Kier alpha value is -3.44. The zero-order valence-corrected chi connectivity index (χ0v) is 17.4. The molecule has 2 aromatic heterocycles. The minimum absolute atomic E-state index is 0.435. The molecular weight excluding hydrogens is 388 g/mol. The molecule has 0 saturated carbocycles. The van der Waals surface area contributed by atoms with E-state index in [1.54, 1.807) is 4.68 Å². The zero-order valence-electron chi connectivity index (χ0n) is 17.4. The molecular formula is C23H26N8. The lowest BCUT2D eigenvalue weighted by atomic mass is 9.90. The molecule has 0 unspecified atom stereocenters. The summed E-state index contributed by atoms with van der Waals surface area (Å²) >= 11 is 0. The summed E-state index contributed by atoms with van der Waals surface area (Å²) in [6, 6.07) is 10.8. The third-order valence-corrected chi connectivity index (χ3v) is 6.01. The average molecular weight is 415 g/mol. The number of hydrogen-bond acceptors (Lipinski definition) is 7. The van der Waals surface area contributed by atoms with Gasteiger partial charge in [-0.1, -0.05) is 12.1 Å². The molecule has 1 aromatic carbocycles. The van der Waals surface area contributed by atoms with E-state index in [0.717, 1.165) is 54.4 Å². The molecule has 8 nitrogen and oxygen atoms in total. The van der Waals surface area contributed by atoms with E-state index in [1.165, 1.54) is 18.4 Å². The molecule has 2 aliphatic heterocycles. The van der Waals surface area contributed by atoms with Crippen LogP contribution in [0.25, 0.3) is 11.3 Å². The Labute approximate surface area is 181 Å². The maximum atomic E-state index is 8.81. The van der Waals surface area contributed by atoms with Crippen LogP contribution in [0, 0.1) is 11.3 Å². The number of aromatic nitrogens is 4. The summed E-state index contributed by atoms with van der Waals surface area (Å²) < 4.78 is 1.79. The van der Waals surface area contributed by atoms with Crippen molar-refractivity contribution >= 4 is 17.5 Å². The van der Waals surface area contributed by atoms with E-state index in [2.05, 4.69) is 51.4 Å². The molecule has 3 N–H and O–H groups in total. The molecule has 3 aromatic rings. The highest BCUT2D eigenvalue weighted by molar-refractivity contribution is 5.72. The molecule has 5 rings (SSSR count). The van der Waals surface area contributed by atoms with Gasteiger partial charge in [0.2, 0.25) is 5.95 Å². The van der Waals surface area contributed by atoms with E-state index in [-0.39, 0.29) is 0 Å². The second-order valence-corrected chi connectivity index (χ2v) is 8.07. The Morgan fingerprint density at radius 3 is 2.77 bits per heavy atom. The first-order valence-electron chi connectivity index (χ1n) is 10.9. The number of nitriles is 1. The van der Waals surface area contributed by atoms with Crippen LogP contribution in [0.1, 0.15) is 36.3 Å². The number of nitrogens with zero attached hydrogens (tertiary/aromatic N) is 5. The molecule has 0 spiro atoms. The molecule has 0 bridgehead atoms. The van der Waals surface area contributed by atoms with Gasteiger partial charge in [0.1, 0.15) is 5.82 Å². The minimum Gasteiger partial charge on any atom is -0.369 e. The SMILES string of the molecule is N#CCCn1cc(-c2nc(Nc3ccc(C4CCNCC4)cc3)nc3c2CCN3)cn1. The number of hydrogen-bond donors (Lipinski definition) is 3. The normalized spacial score (nSPS) is 15.8. The van der Waals surface area contributed by atoms with Gasteiger partial charge in [0.05, 0.1) is 30.9 Å². The molecule has 158 valence electrons. The monoisotopic (exact) mass is 414 g/mol. The molecule has 31 heavy (non-hydrogen) atoms. The van der Waals surface area contributed by atoms with Crippen LogP contribution in [-0.4, -0.2) is 39.4 Å². The third kappa shape index (κ3) is 4.23. The van der Waals surface area contributed by atoms with Crippen molar-refractivity contribution < 1.29 is 0 Å². The molecule has 0 radical (unpaired) electrons. The zero-order chi connectivity index (χ0) is 21.0. The van der Waals surface area contributed by atoms with E-state index < -0.39 is 0 Å². The summed E-state index contributed by atoms with van der Waals surface area (Å²) in [4.78, 5) is 9.52. The fraction of sp³-hybridized carbons (Fsp3) is 0.391. The Morgan fingerprint density at radius 2 is 1.97 bits per heavy atom. The van der Waals surface area contributed by atoms with Gasteiger partial charge in [0.25, 0.3) is 0 Å². The summed E-state index contributed by atoms with van der Waals surface area (Å²) in [6.07, 6.45) is 7.48. The van der Waals surface area contributed by atoms with E-state index >= 15 is 0 Å². The Balaban J connectivity index is 1.38. The lowest BCUT2D eigenvalue weighted by Gasteiger charge is -2.23.